The van der Waals surface area contributed by atoms with Crippen LogP contribution in [0.3, 0.4) is 0 Å². The molecule has 7 heteroatoms. The van der Waals surface area contributed by atoms with Crippen molar-refractivity contribution in [3.05, 3.63) is 59.4 Å². The van der Waals surface area contributed by atoms with E-state index in [1.165, 1.54) is 0 Å². The van der Waals surface area contributed by atoms with Crippen molar-refractivity contribution in [2.45, 2.75) is 33.2 Å². The normalized spacial score (nSPS) is 18.5. The molecule has 0 radical (unpaired) electrons. The smallest absolute Gasteiger partial charge is 0.291 e. The van der Waals surface area contributed by atoms with Crippen LogP contribution in [0, 0.1) is 18.8 Å². The van der Waals surface area contributed by atoms with E-state index in [0.29, 0.717) is 42.4 Å². The molecule has 2 unspecified atom stereocenters. The third-order valence-electron chi connectivity index (χ3n) is 5.75. The second-order valence-corrected chi connectivity index (χ2v) is 9.28. The number of ether oxygens (including phenoxy) is 1. The molecule has 2 heterocycles. The number of carbonyl (C=O) groups excluding carboxylic acids is 3. The number of Topliss-reactive ketones (excluding diaryl/α,β-unsaturated/α-hetero) is 2. The van der Waals surface area contributed by atoms with E-state index in [2.05, 4.69) is 18.8 Å². The lowest BCUT2D eigenvalue weighted by atomic mass is 9.86. The number of likely N-dealkylation sites (tertiary alicyclic amines) is 1. The van der Waals surface area contributed by atoms with Gasteiger partial charge >= 0.3 is 0 Å². The SMILES string of the molecule is Cc1cc(C(=O)C2C(=O)C(=O)N(CCCN(C)C)C2c2cccnc2)ccc1OCC(C)C. The van der Waals surface area contributed by atoms with Crippen LogP contribution < -0.4 is 4.74 Å². The molecule has 7 nitrogen and oxygen atoms in total. The minimum absolute atomic E-state index is 0.351. The van der Waals surface area contributed by atoms with E-state index in [0.717, 1.165) is 12.1 Å². The Bertz CT molecular complexity index is 1000. The van der Waals surface area contributed by atoms with Crippen molar-refractivity contribution in [1.29, 1.82) is 0 Å². The Hall–Kier alpha value is -3.06. The Morgan fingerprint density at radius 3 is 2.58 bits per heavy atom. The average Bonchev–Trinajstić information content (AvgIpc) is 3.03. The quantitative estimate of drug-likeness (QED) is 0.313. The Balaban J connectivity index is 1.92. The van der Waals surface area contributed by atoms with E-state index < -0.39 is 23.7 Å². The zero-order chi connectivity index (χ0) is 24.1. The number of hydrogen-bond acceptors (Lipinski definition) is 6. The van der Waals surface area contributed by atoms with Crippen LogP contribution >= 0.6 is 0 Å². The van der Waals surface area contributed by atoms with Crippen molar-refractivity contribution in [1.82, 2.24) is 14.8 Å². The van der Waals surface area contributed by atoms with Crippen molar-refractivity contribution in [2.24, 2.45) is 11.8 Å². The molecule has 1 aromatic carbocycles. The predicted molar refractivity (Wildman–Crippen MR) is 126 cm³/mol. The molecule has 2 atom stereocenters. The summed E-state index contributed by atoms with van der Waals surface area (Å²) in [5.74, 6) is -1.61. The maximum Gasteiger partial charge on any atom is 0.291 e. The van der Waals surface area contributed by atoms with Crippen LogP contribution in [0.25, 0.3) is 0 Å². The van der Waals surface area contributed by atoms with Gasteiger partial charge in [0.1, 0.15) is 11.7 Å². The van der Waals surface area contributed by atoms with Crippen LogP contribution in [0.15, 0.2) is 42.7 Å². The summed E-state index contributed by atoms with van der Waals surface area (Å²) in [7, 11) is 3.91. The summed E-state index contributed by atoms with van der Waals surface area (Å²) in [5.41, 5.74) is 1.91. The molecule has 1 amide bonds. The first kappa shape index (κ1) is 24.6. The standard InChI is InChI=1S/C26H33N3O4/c1-17(2)16-33-21-10-9-19(14-18(21)3)24(30)22-23(20-8-6-11-27-15-20)29(26(32)25(22)31)13-7-12-28(4)5/h6,8-11,14-15,17,22-23H,7,12-13,16H2,1-5H3. The summed E-state index contributed by atoms with van der Waals surface area (Å²) in [6.45, 7) is 7.76. The Kier molecular flexibility index (Phi) is 7.97. The highest BCUT2D eigenvalue weighted by Crippen LogP contribution is 2.38. The number of ketones is 2. The summed E-state index contributed by atoms with van der Waals surface area (Å²) in [6.07, 6.45) is 3.96. The number of aryl methyl sites for hydroxylation is 1. The molecular weight excluding hydrogens is 418 g/mol. The van der Waals surface area contributed by atoms with E-state index in [4.69, 9.17) is 4.74 Å². The lowest BCUT2D eigenvalue weighted by Crippen LogP contribution is -2.33. The van der Waals surface area contributed by atoms with Crippen molar-refractivity contribution < 1.29 is 19.1 Å². The second-order valence-electron chi connectivity index (χ2n) is 9.28. The van der Waals surface area contributed by atoms with Gasteiger partial charge in [0.25, 0.3) is 5.91 Å². The van der Waals surface area contributed by atoms with Crippen molar-refractivity contribution in [2.75, 3.05) is 33.8 Å². The molecule has 1 fully saturated rings. The molecule has 2 aromatic rings. The lowest BCUT2D eigenvalue weighted by molar-refractivity contribution is -0.140. The first-order chi connectivity index (χ1) is 15.7. The van der Waals surface area contributed by atoms with Gasteiger partial charge in [-0.15, -0.1) is 0 Å². The predicted octanol–water partition coefficient (Wildman–Crippen LogP) is 3.33. The number of rotatable bonds is 10. The third-order valence-corrected chi connectivity index (χ3v) is 5.75. The highest BCUT2D eigenvalue weighted by atomic mass is 16.5. The molecule has 176 valence electrons. The van der Waals surface area contributed by atoms with E-state index in [9.17, 15) is 14.4 Å². The van der Waals surface area contributed by atoms with Crippen molar-refractivity contribution in [3.8, 4) is 5.75 Å². The van der Waals surface area contributed by atoms with Crippen molar-refractivity contribution >= 4 is 17.5 Å². The van der Waals surface area contributed by atoms with Crippen LogP contribution in [0.1, 0.15) is 47.8 Å². The summed E-state index contributed by atoms with van der Waals surface area (Å²) < 4.78 is 5.81. The molecule has 1 aromatic heterocycles. The molecule has 0 N–H and O–H groups in total. The minimum atomic E-state index is -1.09. The molecule has 1 aliphatic heterocycles. The van der Waals surface area contributed by atoms with Gasteiger partial charge in [-0.2, -0.15) is 0 Å². The van der Waals surface area contributed by atoms with Crippen LogP contribution in [-0.2, 0) is 9.59 Å². The topological polar surface area (TPSA) is 79.8 Å². The molecule has 0 aliphatic carbocycles. The van der Waals surface area contributed by atoms with Gasteiger partial charge in [-0.3, -0.25) is 19.4 Å². The number of aromatic nitrogens is 1. The molecule has 0 spiro atoms. The Morgan fingerprint density at radius 1 is 1.21 bits per heavy atom. The monoisotopic (exact) mass is 451 g/mol. The summed E-state index contributed by atoms with van der Waals surface area (Å²) >= 11 is 0. The first-order valence-electron chi connectivity index (χ1n) is 11.4. The van der Waals surface area contributed by atoms with Gasteiger partial charge in [0.15, 0.2) is 5.78 Å². The third kappa shape index (κ3) is 5.66. The molecule has 0 bridgehead atoms. The van der Waals surface area contributed by atoms with Crippen LogP contribution in [0.5, 0.6) is 5.75 Å². The fraction of sp³-hybridized carbons (Fsp3) is 0.462. The highest BCUT2D eigenvalue weighted by molar-refractivity contribution is 6.44. The lowest BCUT2D eigenvalue weighted by Gasteiger charge is -2.27. The van der Waals surface area contributed by atoms with Crippen LogP contribution in [0.2, 0.25) is 0 Å². The summed E-state index contributed by atoms with van der Waals surface area (Å²) in [5, 5.41) is 0. The van der Waals surface area contributed by atoms with Gasteiger partial charge in [0, 0.05) is 24.5 Å². The zero-order valence-electron chi connectivity index (χ0n) is 20.1. The average molecular weight is 452 g/mol. The molecule has 1 saturated heterocycles. The van der Waals surface area contributed by atoms with Gasteiger partial charge in [-0.05, 0) is 75.3 Å². The maximum atomic E-state index is 13.6. The number of amides is 1. The Morgan fingerprint density at radius 2 is 1.97 bits per heavy atom. The summed E-state index contributed by atoms with van der Waals surface area (Å²) in [6, 6.07) is 8.10. The number of carbonyl (C=O) groups is 3. The second kappa shape index (κ2) is 10.7. The van der Waals surface area contributed by atoms with Crippen LogP contribution in [0.4, 0.5) is 0 Å². The highest BCUT2D eigenvalue weighted by Gasteiger charge is 2.51. The molecular formula is C26H33N3O4. The minimum Gasteiger partial charge on any atom is -0.493 e. The molecule has 1 aliphatic rings. The van der Waals surface area contributed by atoms with Gasteiger partial charge in [0.2, 0.25) is 5.78 Å². The fourth-order valence-corrected chi connectivity index (χ4v) is 4.11. The van der Waals surface area contributed by atoms with Gasteiger partial charge in [-0.25, -0.2) is 0 Å². The van der Waals surface area contributed by atoms with E-state index in [1.54, 1.807) is 41.6 Å². The van der Waals surface area contributed by atoms with Gasteiger partial charge < -0.3 is 14.5 Å². The number of benzene rings is 1. The van der Waals surface area contributed by atoms with E-state index in [-0.39, 0.29) is 5.78 Å². The van der Waals surface area contributed by atoms with E-state index in [1.807, 2.05) is 32.0 Å². The van der Waals surface area contributed by atoms with Crippen molar-refractivity contribution in [3.63, 3.8) is 0 Å². The fourth-order valence-electron chi connectivity index (χ4n) is 4.11. The maximum absolute atomic E-state index is 13.6. The largest absolute Gasteiger partial charge is 0.493 e. The number of hydrogen-bond donors (Lipinski definition) is 0. The van der Waals surface area contributed by atoms with Gasteiger partial charge in [0.05, 0.1) is 12.6 Å². The Labute approximate surface area is 195 Å². The molecule has 3 rings (SSSR count). The number of pyridine rings is 1. The van der Waals surface area contributed by atoms with Crippen LogP contribution in [-0.4, -0.2) is 66.0 Å². The first-order valence-corrected chi connectivity index (χ1v) is 11.4. The zero-order valence-corrected chi connectivity index (χ0v) is 20.1. The van der Waals surface area contributed by atoms with E-state index >= 15 is 0 Å². The number of nitrogens with zero attached hydrogens (tertiary/aromatic N) is 3. The summed E-state index contributed by atoms with van der Waals surface area (Å²) in [4.78, 5) is 47.3. The molecule has 33 heavy (non-hydrogen) atoms. The molecule has 0 saturated carbocycles. The van der Waals surface area contributed by atoms with Gasteiger partial charge in [-0.1, -0.05) is 19.9 Å².